The van der Waals surface area contributed by atoms with Gasteiger partial charge in [-0.2, -0.15) is 9.78 Å². The molecule has 3 aromatic rings. The molecule has 1 heterocycles. The highest BCUT2D eigenvalue weighted by Gasteiger charge is 2.21. The van der Waals surface area contributed by atoms with Crippen LogP contribution in [0, 0.1) is 0 Å². The predicted octanol–water partition coefficient (Wildman–Crippen LogP) is 2.24. The first-order valence-electron chi connectivity index (χ1n) is 9.24. The minimum Gasteiger partial charge on any atom is -0.497 e. The number of ether oxygens (including phenoxy) is 1. The number of methoxy groups -OCH3 is 1. The summed E-state index contributed by atoms with van der Waals surface area (Å²) in [5.41, 5.74) is -0.793. The van der Waals surface area contributed by atoms with Crippen LogP contribution in [0.5, 0.6) is 5.75 Å². The molecular weight excluding hydrogens is 408 g/mol. The lowest BCUT2D eigenvalue weighted by molar-refractivity contribution is 0.0933. The summed E-state index contributed by atoms with van der Waals surface area (Å²) < 4.78 is 7.13. The summed E-state index contributed by atoms with van der Waals surface area (Å²) >= 11 is 6.03. The van der Waals surface area contributed by atoms with Gasteiger partial charge < -0.3 is 10.1 Å². The number of benzene rings is 2. The van der Waals surface area contributed by atoms with Gasteiger partial charge in [0, 0.05) is 11.1 Å². The van der Waals surface area contributed by atoms with Gasteiger partial charge in [-0.25, -0.2) is 4.79 Å². The summed E-state index contributed by atoms with van der Waals surface area (Å²) in [4.78, 5) is 38.6. The second-order valence-electron chi connectivity index (χ2n) is 6.89. The topological polar surface area (TPSA) is 95.2 Å². The zero-order valence-electron chi connectivity index (χ0n) is 16.8. The van der Waals surface area contributed by atoms with E-state index >= 15 is 0 Å². The smallest absolute Gasteiger partial charge is 0.352 e. The maximum absolute atomic E-state index is 13.1. The first kappa shape index (κ1) is 21.3. The van der Waals surface area contributed by atoms with E-state index in [1.807, 2.05) is 0 Å². The van der Waals surface area contributed by atoms with Gasteiger partial charge in [0.05, 0.1) is 19.3 Å². The van der Waals surface area contributed by atoms with Crippen molar-refractivity contribution < 1.29 is 9.53 Å². The van der Waals surface area contributed by atoms with Crippen molar-refractivity contribution in [1.29, 1.82) is 0 Å². The normalized spacial score (nSPS) is 10.8. The number of hydrogen-bond acceptors (Lipinski definition) is 5. The van der Waals surface area contributed by atoms with Crippen molar-refractivity contribution in [2.75, 3.05) is 7.11 Å². The van der Waals surface area contributed by atoms with Crippen LogP contribution in [0.15, 0.2) is 58.1 Å². The Labute approximate surface area is 177 Å². The molecule has 0 saturated heterocycles. The minimum atomic E-state index is -0.775. The second-order valence-corrected chi connectivity index (χ2v) is 7.33. The highest BCUT2D eigenvalue weighted by Crippen LogP contribution is 2.13. The Balaban J connectivity index is 2.19. The van der Waals surface area contributed by atoms with E-state index < -0.39 is 17.2 Å². The minimum absolute atomic E-state index is 0.0567. The van der Waals surface area contributed by atoms with E-state index in [-0.39, 0.29) is 18.3 Å². The lowest BCUT2D eigenvalue weighted by Crippen LogP contribution is -2.46. The quantitative estimate of drug-likeness (QED) is 0.649. The first-order chi connectivity index (χ1) is 14.3. The number of carbonyl (C=O) groups is 1. The molecule has 0 fully saturated rings. The zero-order chi connectivity index (χ0) is 21.8. The highest BCUT2D eigenvalue weighted by atomic mass is 35.5. The average molecular weight is 429 g/mol. The van der Waals surface area contributed by atoms with Gasteiger partial charge in [0.1, 0.15) is 5.75 Å². The number of hydrogen-bond donors (Lipinski definition) is 1. The molecule has 0 spiro atoms. The van der Waals surface area contributed by atoms with Crippen LogP contribution in [-0.4, -0.2) is 33.4 Å². The predicted molar refractivity (Wildman–Crippen MR) is 114 cm³/mol. The number of rotatable bonds is 6. The van der Waals surface area contributed by atoms with Crippen molar-refractivity contribution in [2.45, 2.75) is 26.4 Å². The molecule has 3 rings (SSSR count). The number of nitrogens with zero attached hydrogens (tertiary/aromatic N) is 3. The number of carbonyl (C=O) groups excluding carboxylic acids is 1. The lowest BCUT2D eigenvalue weighted by atomic mass is 10.2. The molecule has 30 heavy (non-hydrogen) atoms. The summed E-state index contributed by atoms with van der Waals surface area (Å²) in [6.45, 7) is 3.47. The summed E-state index contributed by atoms with van der Waals surface area (Å²) in [7, 11) is 1.53. The van der Waals surface area contributed by atoms with Gasteiger partial charge in [-0.1, -0.05) is 23.7 Å². The molecule has 1 aromatic heterocycles. The standard InChI is InChI=1S/C21H21ClN4O4/c1-13(2)23-19(27)18-20(28)25(12-14-5-4-6-15(22)11-14)21(29)26(24-18)16-7-9-17(30-3)10-8-16/h4-11,13H,12H2,1-3H3,(H,23,27). The van der Waals surface area contributed by atoms with Gasteiger partial charge in [-0.3, -0.25) is 14.2 Å². The van der Waals surface area contributed by atoms with Crippen LogP contribution < -0.4 is 21.3 Å². The molecule has 0 atom stereocenters. The highest BCUT2D eigenvalue weighted by molar-refractivity contribution is 6.30. The largest absolute Gasteiger partial charge is 0.497 e. The van der Waals surface area contributed by atoms with Gasteiger partial charge in [0.25, 0.3) is 11.5 Å². The molecule has 0 radical (unpaired) electrons. The SMILES string of the molecule is COc1ccc(-n2nc(C(=O)NC(C)C)c(=O)n(Cc3cccc(Cl)c3)c2=O)cc1. The van der Waals surface area contributed by atoms with Gasteiger partial charge in [-0.05, 0) is 55.8 Å². The Bertz CT molecular complexity index is 1180. The molecule has 2 aromatic carbocycles. The fourth-order valence-electron chi connectivity index (χ4n) is 2.84. The summed E-state index contributed by atoms with van der Waals surface area (Å²) in [5, 5.41) is 7.18. The molecule has 8 nitrogen and oxygen atoms in total. The van der Waals surface area contributed by atoms with Crippen molar-refractivity contribution in [2.24, 2.45) is 0 Å². The fraction of sp³-hybridized carbons (Fsp3) is 0.238. The Morgan fingerprint density at radius 3 is 2.47 bits per heavy atom. The van der Waals surface area contributed by atoms with Gasteiger partial charge >= 0.3 is 5.69 Å². The molecule has 1 N–H and O–H groups in total. The molecule has 1 amide bonds. The van der Waals surface area contributed by atoms with Crippen molar-refractivity contribution >= 4 is 17.5 Å². The number of halogens is 1. The monoisotopic (exact) mass is 428 g/mol. The van der Waals surface area contributed by atoms with E-state index in [0.717, 1.165) is 9.25 Å². The van der Waals surface area contributed by atoms with Crippen LogP contribution in [0.2, 0.25) is 5.02 Å². The van der Waals surface area contributed by atoms with Crippen LogP contribution in [0.25, 0.3) is 5.69 Å². The van der Waals surface area contributed by atoms with E-state index in [2.05, 4.69) is 10.4 Å². The molecule has 0 bridgehead atoms. The van der Waals surface area contributed by atoms with Crippen molar-refractivity contribution in [3.63, 3.8) is 0 Å². The maximum atomic E-state index is 13.1. The average Bonchev–Trinajstić information content (AvgIpc) is 2.71. The van der Waals surface area contributed by atoms with Crippen molar-refractivity contribution in [3.05, 3.63) is 85.6 Å². The molecular formula is C21H21ClN4O4. The van der Waals surface area contributed by atoms with Crippen LogP contribution in [0.1, 0.15) is 29.9 Å². The Morgan fingerprint density at radius 2 is 1.87 bits per heavy atom. The summed E-state index contributed by atoms with van der Waals surface area (Å²) in [6.07, 6.45) is 0. The van der Waals surface area contributed by atoms with Crippen molar-refractivity contribution in [1.82, 2.24) is 19.7 Å². The van der Waals surface area contributed by atoms with Gasteiger partial charge in [-0.15, -0.1) is 0 Å². The third-order valence-electron chi connectivity index (χ3n) is 4.24. The summed E-state index contributed by atoms with van der Waals surface area (Å²) in [5.74, 6) is -0.0612. The molecule has 0 saturated carbocycles. The van der Waals surface area contributed by atoms with Crippen molar-refractivity contribution in [3.8, 4) is 11.4 Å². The van der Waals surface area contributed by atoms with E-state index in [1.54, 1.807) is 62.4 Å². The molecule has 0 aliphatic carbocycles. The first-order valence-corrected chi connectivity index (χ1v) is 9.62. The fourth-order valence-corrected chi connectivity index (χ4v) is 3.05. The van der Waals surface area contributed by atoms with E-state index in [9.17, 15) is 14.4 Å². The third kappa shape index (κ3) is 4.60. The van der Waals surface area contributed by atoms with Crippen LogP contribution >= 0.6 is 11.6 Å². The molecule has 0 aliphatic heterocycles. The lowest BCUT2D eigenvalue weighted by Gasteiger charge is -2.13. The molecule has 9 heteroatoms. The number of amides is 1. The summed E-state index contributed by atoms with van der Waals surface area (Å²) in [6, 6.07) is 13.1. The third-order valence-corrected chi connectivity index (χ3v) is 4.48. The Hall–Kier alpha value is -3.39. The van der Waals surface area contributed by atoms with Crippen LogP contribution in [-0.2, 0) is 6.54 Å². The molecule has 0 aliphatic rings. The second kappa shape index (κ2) is 8.96. The number of nitrogens with one attached hydrogen (secondary N) is 1. The van der Waals surface area contributed by atoms with Crippen LogP contribution in [0.3, 0.4) is 0 Å². The van der Waals surface area contributed by atoms with E-state index in [4.69, 9.17) is 16.3 Å². The van der Waals surface area contributed by atoms with Gasteiger partial charge in [0.15, 0.2) is 0 Å². The zero-order valence-corrected chi connectivity index (χ0v) is 17.5. The van der Waals surface area contributed by atoms with E-state index in [0.29, 0.717) is 22.0 Å². The van der Waals surface area contributed by atoms with E-state index in [1.165, 1.54) is 7.11 Å². The van der Waals surface area contributed by atoms with Gasteiger partial charge in [0.2, 0.25) is 5.69 Å². The van der Waals surface area contributed by atoms with Crippen LogP contribution in [0.4, 0.5) is 0 Å². The molecule has 156 valence electrons. The Morgan fingerprint density at radius 1 is 1.17 bits per heavy atom. The molecule has 0 unspecified atom stereocenters. The maximum Gasteiger partial charge on any atom is 0.352 e. The Kier molecular flexibility index (Phi) is 6.37. The number of aromatic nitrogens is 3.